The zero-order valence-electron chi connectivity index (χ0n) is 11.3. The lowest BCUT2D eigenvalue weighted by Gasteiger charge is -2.29. The maximum Gasteiger partial charge on any atom is 0.284 e. The zero-order valence-corrected chi connectivity index (χ0v) is 12.9. The summed E-state index contributed by atoms with van der Waals surface area (Å²) in [7, 11) is 0. The van der Waals surface area contributed by atoms with Gasteiger partial charge in [0.05, 0.1) is 9.40 Å². The summed E-state index contributed by atoms with van der Waals surface area (Å²) in [6, 6.07) is 4.61. The van der Waals surface area contributed by atoms with Crippen molar-refractivity contribution in [3.8, 4) is 0 Å². The summed E-state index contributed by atoms with van der Waals surface area (Å²) < 4.78 is 0.380. The van der Waals surface area contributed by atoms with Crippen LogP contribution in [-0.2, 0) is 0 Å². The largest absolute Gasteiger partial charge is 0.349 e. The Hall–Kier alpha value is -1.43. The van der Waals surface area contributed by atoms with Crippen LogP contribution in [0.2, 0.25) is 0 Å². The minimum atomic E-state index is -0.496. The van der Waals surface area contributed by atoms with E-state index in [-0.39, 0.29) is 17.6 Å². The van der Waals surface area contributed by atoms with Crippen molar-refractivity contribution in [2.45, 2.75) is 38.6 Å². The maximum absolute atomic E-state index is 12.2. The fourth-order valence-corrected chi connectivity index (χ4v) is 2.97. The summed E-state index contributed by atoms with van der Waals surface area (Å²) in [4.78, 5) is 22.6. The van der Waals surface area contributed by atoms with E-state index < -0.39 is 4.92 Å². The molecule has 6 heteroatoms. The van der Waals surface area contributed by atoms with Crippen molar-refractivity contribution in [1.29, 1.82) is 0 Å². The SMILES string of the molecule is CC1CCCCC1NC(=O)c1ccc(Br)c([N+](=O)[O-])c1. The van der Waals surface area contributed by atoms with Crippen LogP contribution >= 0.6 is 15.9 Å². The molecule has 2 unspecified atom stereocenters. The molecule has 1 aromatic carbocycles. The molecule has 1 fully saturated rings. The second-order valence-electron chi connectivity index (χ2n) is 5.26. The molecule has 1 aromatic rings. The van der Waals surface area contributed by atoms with Gasteiger partial charge in [-0.05, 0) is 46.8 Å². The Kier molecular flexibility index (Phi) is 4.75. The molecule has 20 heavy (non-hydrogen) atoms. The van der Waals surface area contributed by atoms with Crippen molar-refractivity contribution in [2.75, 3.05) is 0 Å². The van der Waals surface area contributed by atoms with E-state index in [9.17, 15) is 14.9 Å². The first kappa shape index (κ1) is 15.0. The van der Waals surface area contributed by atoms with Crippen molar-refractivity contribution in [3.63, 3.8) is 0 Å². The highest BCUT2D eigenvalue weighted by Gasteiger charge is 2.24. The van der Waals surface area contributed by atoms with Crippen molar-refractivity contribution in [3.05, 3.63) is 38.3 Å². The van der Waals surface area contributed by atoms with Crippen molar-refractivity contribution >= 4 is 27.5 Å². The Bertz CT molecular complexity index is 533. The summed E-state index contributed by atoms with van der Waals surface area (Å²) in [5.41, 5.74) is 0.243. The molecule has 1 saturated carbocycles. The smallest absolute Gasteiger partial charge is 0.284 e. The predicted octanol–water partition coefficient (Wildman–Crippen LogP) is 3.67. The third-order valence-electron chi connectivity index (χ3n) is 3.83. The lowest BCUT2D eigenvalue weighted by atomic mass is 9.86. The molecule has 108 valence electrons. The van der Waals surface area contributed by atoms with Crippen LogP contribution in [0, 0.1) is 16.0 Å². The second kappa shape index (κ2) is 6.35. The van der Waals surface area contributed by atoms with Crippen molar-refractivity contribution < 1.29 is 9.72 Å². The Morgan fingerprint density at radius 3 is 2.75 bits per heavy atom. The molecule has 0 radical (unpaired) electrons. The van der Waals surface area contributed by atoms with E-state index in [0.29, 0.717) is 16.0 Å². The number of nitro benzene ring substituents is 1. The number of halogens is 1. The number of hydrogen-bond donors (Lipinski definition) is 1. The molecule has 5 nitrogen and oxygen atoms in total. The summed E-state index contributed by atoms with van der Waals surface area (Å²) in [5, 5.41) is 13.9. The van der Waals surface area contributed by atoms with E-state index in [1.165, 1.54) is 18.6 Å². The van der Waals surface area contributed by atoms with Gasteiger partial charge in [-0.15, -0.1) is 0 Å². The third kappa shape index (κ3) is 3.36. The van der Waals surface area contributed by atoms with E-state index in [0.717, 1.165) is 19.3 Å². The first-order valence-electron chi connectivity index (χ1n) is 6.74. The second-order valence-corrected chi connectivity index (χ2v) is 6.12. The van der Waals surface area contributed by atoms with Crippen LogP contribution in [0.25, 0.3) is 0 Å². The van der Waals surface area contributed by atoms with Gasteiger partial charge < -0.3 is 5.32 Å². The highest BCUT2D eigenvalue weighted by atomic mass is 79.9. The van der Waals surface area contributed by atoms with Gasteiger partial charge >= 0.3 is 0 Å². The Balaban J connectivity index is 2.13. The number of hydrogen-bond acceptors (Lipinski definition) is 3. The molecule has 0 aromatic heterocycles. The Labute approximate surface area is 126 Å². The number of carbonyl (C=O) groups is 1. The number of benzene rings is 1. The van der Waals surface area contributed by atoms with Gasteiger partial charge in [-0.1, -0.05) is 19.8 Å². The number of rotatable bonds is 3. The van der Waals surface area contributed by atoms with Crippen LogP contribution < -0.4 is 5.32 Å². The van der Waals surface area contributed by atoms with Crippen molar-refractivity contribution in [2.24, 2.45) is 5.92 Å². The third-order valence-corrected chi connectivity index (χ3v) is 4.50. The van der Waals surface area contributed by atoms with Crippen LogP contribution in [0.1, 0.15) is 43.0 Å². The van der Waals surface area contributed by atoms with E-state index in [1.807, 2.05) is 0 Å². The molecule has 2 atom stereocenters. The molecule has 0 saturated heterocycles. The molecule has 1 amide bonds. The molecule has 0 heterocycles. The number of carbonyl (C=O) groups excluding carboxylic acids is 1. The van der Waals surface area contributed by atoms with Gasteiger partial charge in [-0.25, -0.2) is 0 Å². The van der Waals surface area contributed by atoms with E-state index >= 15 is 0 Å². The van der Waals surface area contributed by atoms with Gasteiger partial charge in [0, 0.05) is 17.7 Å². The molecule has 0 bridgehead atoms. The van der Waals surface area contributed by atoms with E-state index in [4.69, 9.17) is 0 Å². The van der Waals surface area contributed by atoms with Gasteiger partial charge in [0.2, 0.25) is 0 Å². The standard InChI is InChI=1S/C14H17BrN2O3/c1-9-4-2-3-5-12(9)16-14(18)10-6-7-11(15)13(8-10)17(19)20/h6-9,12H,2-5H2,1H3,(H,16,18). The minimum absolute atomic E-state index is 0.0886. The van der Waals surface area contributed by atoms with Gasteiger partial charge in [0.15, 0.2) is 0 Å². The lowest BCUT2D eigenvalue weighted by molar-refractivity contribution is -0.385. The molecule has 0 aliphatic heterocycles. The number of nitrogens with zero attached hydrogens (tertiary/aromatic N) is 1. The monoisotopic (exact) mass is 340 g/mol. The maximum atomic E-state index is 12.2. The topological polar surface area (TPSA) is 72.2 Å². The van der Waals surface area contributed by atoms with Crippen LogP contribution in [0.5, 0.6) is 0 Å². The number of nitrogens with one attached hydrogen (secondary N) is 1. The molecule has 2 rings (SSSR count). The van der Waals surface area contributed by atoms with Crippen LogP contribution in [0.3, 0.4) is 0 Å². The molecule has 1 N–H and O–H groups in total. The summed E-state index contributed by atoms with van der Waals surface area (Å²) in [6.07, 6.45) is 4.42. The highest BCUT2D eigenvalue weighted by molar-refractivity contribution is 9.10. The molecular weight excluding hydrogens is 324 g/mol. The lowest BCUT2D eigenvalue weighted by Crippen LogP contribution is -2.41. The summed E-state index contributed by atoms with van der Waals surface area (Å²) in [5.74, 6) is 0.220. The van der Waals surface area contributed by atoms with Crippen molar-refractivity contribution in [1.82, 2.24) is 5.32 Å². The van der Waals surface area contributed by atoms with E-state index in [2.05, 4.69) is 28.2 Å². The fraction of sp³-hybridized carbons (Fsp3) is 0.500. The zero-order chi connectivity index (χ0) is 14.7. The van der Waals surface area contributed by atoms with Gasteiger partial charge in [-0.3, -0.25) is 14.9 Å². The fourth-order valence-electron chi connectivity index (χ4n) is 2.58. The average molecular weight is 341 g/mol. The normalized spacial score (nSPS) is 22.3. The molecule has 1 aliphatic rings. The van der Waals surface area contributed by atoms with Crippen LogP contribution in [0.4, 0.5) is 5.69 Å². The number of amides is 1. The molecule has 0 spiro atoms. The van der Waals surface area contributed by atoms with Gasteiger partial charge in [0.25, 0.3) is 11.6 Å². The first-order valence-corrected chi connectivity index (χ1v) is 7.53. The summed E-state index contributed by atoms with van der Waals surface area (Å²) >= 11 is 3.11. The predicted molar refractivity (Wildman–Crippen MR) is 79.7 cm³/mol. The molecule has 1 aliphatic carbocycles. The van der Waals surface area contributed by atoms with Crippen LogP contribution in [-0.4, -0.2) is 16.9 Å². The first-order chi connectivity index (χ1) is 9.49. The highest BCUT2D eigenvalue weighted by Crippen LogP contribution is 2.27. The average Bonchev–Trinajstić information content (AvgIpc) is 2.41. The minimum Gasteiger partial charge on any atom is -0.349 e. The number of nitro groups is 1. The summed E-state index contributed by atoms with van der Waals surface area (Å²) in [6.45, 7) is 2.13. The van der Waals surface area contributed by atoms with E-state index in [1.54, 1.807) is 6.07 Å². The van der Waals surface area contributed by atoms with Crippen LogP contribution in [0.15, 0.2) is 22.7 Å². The Morgan fingerprint density at radius 2 is 2.10 bits per heavy atom. The molecular formula is C14H17BrN2O3. The van der Waals surface area contributed by atoms with Gasteiger partial charge in [0.1, 0.15) is 0 Å². The quantitative estimate of drug-likeness (QED) is 0.673. The van der Waals surface area contributed by atoms with Gasteiger partial charge in [-0.2, -0.15) is 0 Å². The Morgan fingerprint density at radius 1 is 1.40 bits per heavy atom.